The van der Waals surface area contributed by atoms with Gasteiger partial charge in [-0.05, 0) is 52.4 Å². The maximum atomic E-state index is 14.2. The predicted molar refractivity (Wildman–Crippen MR) is 101 cm³/mol. The van der Waals surface area contributed by atoms with Gasteiger partial charge in [-0.25, -0.2) is 14.1 Å². The number of nitrogens with zero attached hydrogens (tertiary/aromatic N) is 4. The first kappa shape index (κ1) is 17.6. The highest BCUT2D eigenvalue weighted by Gasteiger charge is 2.38. The molecule has 28 heavy (non-hydrogen) atoms. The van der Waals surface area contributed by atoms with E-state index >= 15 is 0 Å². The first-order valence-electron chi connectivity index (χ1n) is 10.0. The van der Waals surface area contributed by atoms with Gasteiger partial charge in [0.05, 0.1) is 17.9 Å². The summed E-state index contributed by atoms with van der Waals surface area (Å²) >= 11 is 0. The van der Waals surface area contributed by atoms with Crippen LogP contribution in [0.5, 0.6) is 0 Å². The quantitative estimate of drug-likeness (QED) is 0.738. The van der Waals surface area contributed by atoms with Gasteiger partial charge in [0.25, 0.3) is 5.56 Å². The molecule has 2 aliphatic carbocycles. The zero-order valence-electron chi connectivity index (χ0n) is 16.1. The normalized spacial score (nSPS) is 30.5. The minimum atomic E-state index is -1.11. The van der Waals surface area contributed by atoms with Crippen molar-refractivity contribution >= 4 is 11.0 Å². The molecule has 0 amide bonds. The lowest BCUT2D eigenvalue weighted by Crippen LogP contribution is -2.29. The van der Waals surface area contributed by atoms with E-state index < -0.39 is 5.67 Å². The minimum absolute atomic E-state index is 0.0811. The van der Waals surface area contributed by atoms with Crippen molar-refractivity contribution in [1.29, 1.82) is 0 Å². The lowest BCUT2D eigenvalue weighted by atomic mass is 9.71. The van der Waals surface area contributed by atoms with Crippen LogP contribution in [0.15, 0.2) is 21.6 Å². The summed E-state index contributed by atoms with van der Waals surface area (Å²) in [5, 5.41) is 8.91. The lowest BCUT2D eigenvalue weighted by molar-refractivity contribution is 0.103. The first-order chi connectivity index (χ1) is 13.4. The summed E-state index contributed by atoms with van der Waals surface area (Å²) < 4.78 is 21.4. The second-order valence-corrected chi connectivity index (χ2v) is 8.58. The Labute approximate surface area is 161 Å². The van der Waals surface area contributed by atoms with E-state index in [2.05, 4.69) is 15.2 Å². The van der Waals surface area contributed by atoms with E-state index in [1.54, 1.807) is 13.1 Å². The molecule has 8 heteroatoms. The molecular weight excluding hydrogens is 361 g/mol. The number of aromatic amines is 1. The largest absolute Gasteiger partial charge is 0.361 e. The molecule has 3 heterocycles. The van der Waals surface area contributed by atoms with E-state index in [0.29, 0.717) is 42.5 Å². The van der Waals surface area contributed by atoms with E-state index in [0.717, 1.165) is 24.3 Å². The fourth-order valence-corrected chi connectivity index (χ4v) is 4.57. The lowest BCUT2D eigenvalue weighted by Gasteiger charge is -2.34. The zero-order chi connectivity index (χ0) is 19.5. The van der Waals surface area contributed by atoms with E-state index in [1.807, 2.05) is 17.7 Å². The highest BCUT2D eigenvalue weighted by Crippen LogP contribution is 2.48. The minimum Gasteiger partial charge on any atom is -0.361 e. The molecule has 0 aliphatic heterocycles. The number of H-pyrrole nitrogens is 1. The summed E-state index contributed by atoms with van der Waals surface area (Å²) in [5.74, 6) is 1.81. The van der Waals surface area contributed by atoms with Crippen molar-refractivity contribution in [2.45, 2.75) is 75.9 Å². The van der Waals surface area contributed by atoms with Crippen LogP contribution in [0.4, 0.5) is 4.39 Å². The smallest absolute Gasteiger partial charge is 0.262 e. The van der Waals surface area contributed by atoms with Gasteiger partial charge in [-0.15, -0.1) is 0 Å². The Morgan fingerprint density at radius 1 is 1.25 bits per heavy atom. The van der Waals surface area contributed by atoms with Crippen LogP contribution >= 0.6 is 0 Å². The van der Waals surface area contributed by atoms with Crippen molar-refractivity contribution in [2.75, 3.05) is 0 Å². The number of aryl methyl sites for hydroxylation is 1. The number of rotatable bonds is 3. The number of aromatic nitrogens is 5. The standard InChI is InChI=1S/C20H24FN5O2/c1-11-9-16(28-25-11)13-3-4-14(13)17-23-18-15(19(27)24-17)10-22-26(18)12-5-7-20(2,21)8-6-12/h9-10,12-14H,3-8H2,1-2H3,(H,23,24,27)/t12?,13-,14+,20?/m0/s1. The fraction of sp³-hybridized carbons (Fsp3) is 0.600. The number of nitrogens with one attached hydrogen (secondary N) is 1. The van der Waals surface area contributed by atoms with Gasteiger partial charge in [0.15, 0.2) is 5.65 Å². The summed E-state index contributed by atoms with van der Waals surface area (Å²) in [7, 11) is 0. The van der Waals surface area contributed by atoms with Crippen molar-refractivity contribution in [3.8, 4) is 0 Å². The molecule has 1 N–H and O–H groups in total. The highest BCUT2D eigenvalue weighted by molar-refractivity contribution is 5.73. The van der Waals surface area contributed by atoms with Crippen molar-refractivity contribution < 1.29 is 8.91 Å². The Bertz CT molecular complexity index is 1070. The molecule has 0 aromatic carbocycles. The average Bonchev–Trinajstić information content (AvgIpc) is 3.21. The fourth-order valence-electron chi connectivity index (χ4n) is 4.57. The number of hydrogen-bond acceptors (Lipinski definition) is 5. The molecule has 3 aromatic heterocycles. The first-order valence-corrected chi connectivity index (χ1v) is 10.0. The Morgan fingerprint density at radius 3 is 2.64 bits per heavy atom. The Balaban J connectivity index is 1.49. The molecule has 2 fully saturated rings. The SMILES string of the molecule is Cc1cc([C@H]2CC[C@H]2c2nc3c(cnn3C3CCC(C)(F)CC3)c(=O)[nH]2)on1. The number of fused-ring (bicyclic) bond motifs is 1. The molecule has 2 saturated carbocycles. The Kier molecular flexibility index (Phi) is 3.93. The van der Waals surface area contributed by atoms with E-state index in [4.69, 9.17) is 9.51 Å². The summed E-state index contributed by atoms with van der Waals surface area (Å²) in [4.78, 5) is 20.4. The summed E-state index contributed by atoms with van der Waals surface area (Å²) in [6.07, 6.45) is 5.92. The van der Waals surface area contributed by atoms with Crippen LogP contribution in [-0.4, -0.2) is 30.6 Å². The molecule has 0 spiro atoms. The molecule has 148 valence electrons. The molecule has 7 nitrogen and oxygen atoms in total. The summed E-state index contributed by atoms with van der Waals surface area (Å²) in [6, 6.07) is 2.03. The predicted octanol–water partition coefficient (Wildman–Crippen LogP) is 3.92. The molecule has 2 aliphatic rings. The third kappa shape index (κ3) is 2.86. The van der Waals surface area contributed by atoms with Gasteiger partial charge < -0.3 is 9.51 Å². The molecule has 0 unspecified atom stereocenters. The van der Waals surface area contributed by atoms with Crippen molar-refractivity contribution in [3.05, 3.63) is 39.9 Å². The second kappa shape index (κ2) is 6.25. The Morgan fingerprint density at radius 2 is 2.00 bits per heavy atom. The van der Waals surface area contributed by atoms with Gasteiger partial charge in [0, 0.05) is 17.9 Å². The maximum absolute atomic E-state index is 14.2. The van der Waals surface area contributed by atoms with Crippen LogP contribution in [0.3, 0.4) is 0 Å². The van der Waals surface area contributed by atoms with Crippen LogP contribution in [0, 0.1) is 6.92 Å². The Hall–Kier alpha value is -2.51. The molecule has 0 radical (unpaired) electrons. The van der Waals surface area contributed by atoms with Gasteiger partial charge in [0.2, 0.25) is 0 Å². The van der Waals surface area contributed by atoms with Crippen molar-refractivity contribution in [1.82, 2.24) is 24.9 Å². The number of halogens is 1. The number of hydrogen-bond donors (Lipinski definition) is 1. The van der Waals surface area contributed by atoms with E-state index in [1.165, 1.54) is 0 Å². The van der Waals surface area contributed by atoms with Crippen LogP contribution in [0.25, 0.3) is 11.0 Å². The molecule has 3 aromatic rings. The molecule has 2 atom stereocenters. The van der Waals surface area contributed by atoms with Crippen molar-refractivity contribution in [2.24, 2.45) is 0 Å². The molecular formula is C20H24FN5O2. The topological polar surface area (TPSA) is 89.6 Å². The molecule has 0 saturated heterocycles. The molecule has 0 bridgehead atoms. The van der Waals surface area contributed by atoms with Gasteiger partial charge >= 0.3 is 0 Å². The number of alkyl halides is 1. The molecule has 5 rings (SSSR count). The third-order valence-corrected chi connectivity index (χ3v) is 6.46. The summed E-state index contributed by atoms with van der Waals surface area (Å²) in [6.45, 7) is 3.56. The van der Waals surface area contributed by atoms with Gasteiger partial charge in [0.1, 0.15) is 22.6 Å². The second-order valence-electron chi connectivity index (χ2n) is 8.58. The van der Waals surface area contributed by atoms with Crippen LogP contribution < -0.4 is 5.56 Å². The summed E-state index contributed by atoms with van der Waals surface area (Å²) in [5.41, 5.74) is 0.180. The van der Waals surface area contributed by atoms with E-state index in [9.17, 15) is 9.18 Å². The van der Waals surface area contributed by atoms with Crippen molar-refractivity contribution in [3.63, 3.8) is 0 Å². The van der Waals surface area contributed by atoms with Gasteiger partial charge in [-0.3, -0.25) is 4.79 Å². The zero-order valence-corrected chi connectivity index (χ0v) is 16.1. The van der Waals surface area contributed by atoms with Gasteiger partial charge in [-0.1, -0.05) is 5.16 Å². The average molecular weight is 385 g/mol. The van der Waals surface area contributed by atoms with Gasteiger partial charge in [-0.2, -0.15) is 5.10 Å². The van der Waals surface area contributed by atoms with Crippen LogP contribution in [-0.2, 0) is 0 Å². The monoisotopic (exact) mass is 385 g/mol. The maximum Gasteiger partial charge on any atom is 0.262 e. The third-order valence-electron chi connectivity index (χ3n) is 6.46. The van der Waals surface area contributed by atoms with Crippen LogP contribution in [0.1, 0.15) is 80.6 Å². The highest BCUT2D eigenvalue weighted by atomic mass is 19.1. The van der Waals surface area contributed by atoms with E-state index in [-0.39, 0.29) is 23.4 Å². The van der Waals surface area contributed by atoms with Crippen LogP contribution in [0.2, 0.25) is 0 Å².